The van der Waals surface area contributed by atoms with Gasteiger partial charge in [0.1, 0.15) is 29.0 Å². The summed E-state index contributed by atoms with van der Waals surface area (Å²) in [6.45, 7) is 7.54. The fourth-order valence-corrected chi connectivity index (χ4v) is 3.40. The summed E-state index contributed by atoms with van der Waals surface area (Å²) in [6.07, 6.45) is 3.74. The van der Waals surface area contributed by atoms with Crippen LogP contribution in [-0.2, 0) is 25.5 Å². The number of allylic oxidation sites excluding steroid dienone is 1. The summed E-state index contributed by atoms with van der Waals surface area (Å²) in [5.74, 6) is -0.847. The second-order valence-electron chi connectivity index (χ2n) is 7.05. The van der Waals surface area contributed by atoms with Crippen LogP contribution >= 0.6 is 0 Å². The number of esters is 2. The SMILES string of the molecule is C=C(C)[C@H]1Cc2oc(cc2C(=O)OC)/C=C(\C)C[C@H]2C=C(CC1=O)C(=O)O2. The van der Waals surface area contributed by atoms with E-state index in [0.29, 0.717) is 34.7 Å². The molecule has 2 aliphatic rings. The van der Waals surface area contributed by atoms with Gasteiger partial charge in [-0.05, 0) is 32.1 Å². The lowest BCUT2D eigenvalue weighted by atomic mass is 9.88. The van der Waals surface area contributed by atoms with E-state index in [9.17, 15) is 14.4 Å². The molecule has 0 unspecified atom stereocenters. The Bertz CT molecular complexity index is 882. The normalized spacial score (nSPS) is 24.6. The number of carbonyl (C=O) groups excluding carboxylic acids is 3. The third-order valence-electron chi connectivity index (χ3n) is 4.79. The molecule has 27 heavy (non-hydrogen) atoms. The molecule has 2 aliphatic heterocycles. The Kier molecular flexibility index (Phi) is 5.17. The number of ketones is 1. The molecule has 0 radical (unpaired) electrons. The Balaban J connectivity index is 2.08. The highest BCUT2D eigenvalue weighted by Gasteiger charge is 2.32. The number of rotatable bonds is 2. The Morgan fingerprint density at radius 2 is 2.04 bits per heavy atom. The van der Waals surface area contributed by atoms with Crippen LogP contribution in [0.25, 0.3) is 6.08 Å². The van der Waals surface area contributed by atoms with E-state index in [1.807, 2.05) is 6.92 Å². The number of fused-ring (bicyclic) bond motifs is 3. The standard InChI is InChI=1S/C21H22O6/c1-11(2)16-10-19-17(21(24)25-4)9-15(26-19)6-12(3)5-14-7-13(8-18(16)22)20(23)27-14/h6-7,9,14,16H,1,5,8,10H2,2-4H3/b12-6+/t14-,16+/m0/s1. The predicted molar refractivity (Wildman–Crippen MR) is 97.9 cm³/mol. The number of hydrogen-bond donors (Lipinski definition) is 0. The number of methoxy groups -OCH3 is 1. The molecule has 0 aromatic carbocycles. The molecule has 142 valence electrons. The largest absolute Gasteiger partial charge is 0.465 e. The van der Waals surface area contributed by atoms with Gasteiger partial charge in [0.05, 0.1) is 7.11 Å². The summed E-state index contributed by atoms with van der Waals surface area (Å²) in [5.41, 5.74) is 2.22. The molecule has 1 aromatic heterocycles. The van der Waals surface area contributed by atoms with Crippen LogP contribution in [0.3, 0.4) is 0 Å². The number of furan rings is 1. The zero-order valence-electron chi connectivity index (χ0n) is 15.7. The van der Waals surface area contributed by atoms with Crippen LogP contribution in [0.1, 0.15) is 48.6 Å². The van der Waals surface area contributed by atoms with E-state index in [1.165, 1.54) is 7.11 Å². The highest BCUT2D eigenvalue weighted by molar-refractivity contribution is 5.99. The molecular formula is C21H22O6. The van der Waals surface area contributed by atoms with Gasteiger partial charge in [0.15, 0.2) is 0 Å². The van der Waals surface area contributed by atoms with Crippen LogP contribution in [0.2, 0.25) is 0 Å². The number of carbonyl (C=O) groups is 3. The monoisotopic (exact) mass is 370 g/mol. The third-order valence-corrected chi connectivity index (χ3v) is 4.79. The predicted octanol–water partition coefficient (Wildman–Crippen LogP) is 3.42. The molecule has 0 N–H and O–H groups in total. The van der Waals surface area contributed by atoms with E-state index in [1.54, 1.807) is 25.1 Å². The van der Waals surface area contributed by atoms with Crippen molar-refractivity contribution in [2.75, 3.05) is 7.11 Å². The van der Waals surface area contributed by atoms with Crippen LogP contribution in [0.5, 0.6) is 0 Å². The van der Waals surface area contributed by atoms with Crippen molar-refractivity contribution >= 4 is 23.8 Å². The van der Waals surface area contributed by atoms with Crippen molar-refractivity contribution in [2.45, 2.75) is 39.2 Å². The molecule has 0 aliphatic carbocycles. The van der Waals surface area contributed by atoms with Crippen molar-refractivity contribution in [2.24, 2.45) is 5.92 Å². The molecular weight excluding hydrogens is 348 g/mol. The zero-order chi connectivity index (χ0) is 19.7. The minimum Gasteiger partial charge on any atom is -0.465 e. The molecule has 4 bridgehead atoms. The van der Waals surface area contributed by atoms with Gasteiger partial charge in [0, 0.05) is 30.8 Å². The molecule has 0 spiro atoms. The number of ether oxygens (including phenoxy) is 2. The van der Waals surface area contributed by atoms with Gasteiger partial charge in [0.2, 0.25) is 0 Å². The zero-order valence-corrected chi connectivity index (χ0v) is 15.7. The molecule has 6 heteroatoms. The smallest absolute Gasteiger partial charge is 0.341 e. The number of Topliss-reactive ketones (excluding diaryl/α,β-unsaturated/α-hetero) is 1. The van der Waals surface area contributed by atoms with Crippen molar-refractivity contribution < 1.29 is 28.3 Å². The highest BCUT2D eigenvalue weighted by atomic mass is 16.5. The lowest BCUT2D eigenvalue weighted by Gasteiger charge is -2.15. The minimum atomic E-state index is -0.578. The van der Waals surface area contributed by atoms with Gasteiger partial charge in [-0.1, -0.05) is 17.7 Å². The fourth-order valence-electron chi connectivity index (χ4n) is 3.40. The lowest BCUT2D eigenvalue weighted by molar-refractivity contribution is -0.140. The number of hydrogen-bond acceptors (Lipinski definition) is 6. The first-order chi connectivity index (χ1) is 12.8. The van der Waals surface area contributed by atoms with Crippen LogP contribution in [-0.4, -0.2) is 30.9 Å². The topological polar surface area (TPSA) is 82.8 Å². The van der Waals surface area contributed by atoms with E-state index in [2.05, 4.69) is 6.58 Å². The van der Waals surface area contributed by atoms with Crippen molar-refractivity contribution in [1.29, 1.82) is 0 Å². The third kappa shape index (κ3) is 3.94. The van der Waals surface area contributed by atoms with Gasteiger partial charge in [-0.15, -0.1) is 0 Å². The molecule has 0 fully saturated rings. The van der Waals surface area contributed by atoms with Gasteiger partial charge in [-0.25, -0.2) is 9.59 Å². The van der Waals surface area contributed by atoms with E-state index < -0.39 is 24.0 Å². The Labute approximate surface area is 157 Å². The Morgan fingerprint density at radius 3 is 2.70 bits per heavy atom. The Hall–Kier alpha value is -2.89. The lowest BCUT2D eigenvalue weighted by Crippen LogP contribution is -2.21. The first-order valence-electron chi connectivity index (χ1n) is 8.76. The van der Waals surface area contributed by atoms with E-state index in [4.69, 9.17) is 13.9 Å². The molecule has 1 aromatic rings. The molecule has 2 atom stereocenters. The summed E-state index contributed by atoms with van der Waals surface area (Å²) in [5, 5.41) is 0. The molecule has 6 nitrogen and oxygen atoms in total. The maximum Gasteiger partial charge on any atom is 0.341 e. The van der Waals surface area contributed by atoms with E-state index >= 15 is 0 Å². The second-order valence-corrected chi connectivity index (χ2v) is 7.05. The Morgan fingerprint density at radius 1 is 1.30 bits per heavy atom. The molecule has 0 saturated carbocycles. The van der Waals surface area contributed by atoms with Gasteiger partial charge in [0.25, 0.3) is 0 Å². The summed E-state index contributed by atoms with van der Waals surface area (Å²) in [4.78, 5) is 37.1. The maximum atomic E-state index is 12.8. The molecule has 3 heterocycles. The van der Waals surface area contributed by atoms with Crippen LogP contribution in [0, 0.1) is 5.92 Å². The van der Waals surface area contributed by atoms with Gasteiger partial charge < -0.3 is 13.9 Å². The van der Waals surface area contributed by atoms with E-state index in [-0.39, 0.29) is 18.6 Å². The van der Waals surface area contributed by atoms with Gasteiger partial charge >= 0.3 is 11.9 Å². The summed E-state index contributed by atoms with van der Waals surface area (Å²) in [6, 6.07) is 1.61. The summed E-state index contributed by atoms with van der Waals surface area (Å²) in [7, 11) is 1.30. The fraction of sp³-hybridized carbons (Fsp3) is 0.381. The van der Waals surface area contributed by atoms with Crippen LogP contribution < -0.4 is 0 Å². The quantitative estimate of drug-likeness (QED) is 0.586. The van der Waals surface area contributed by atoms with Crippen LogP contribution in [0.4, 0.5) is 0 Å². The maximum absolute atomic E-state index is 12.8. The highest BCUT2D eigenvalue weighted by Crippen LogP contribution is 2.30. The van der Waals surface area contributed by atoms with Gasteiger partial charge in [-0.3, -0.25) is 4.79 Å². The van der Waals surface area contributed by atoms with Crippen molar-refractivity contribution in [3.05, 3.63) is 52.5 Å². The molecule has 3 rings (SSSR count). The summed E-state index contributed by atoms with van der Waals surface area (Å²) >= 11 is 0. The molecule has 0 saturated heterocycles. The first kappa shape index (κ1) is 18.9. The van der Waals surface area contributed by atoms with Gasteiger partial charge in [-0.2, -0.15) is 0 Å². The van der Waals surface area contributed by atoms with Crippen molar-refractivity contribution in [3.63, 3.8) is 0 Å². The summed E-state index contributed by atoms with van der Waals surface area (Å²) < 4.78 is 16.0. The minimum absolute atomic E-state index is 0.0310. The molecule has 0 amide bonds. The average Bonchev–Trinajstić information content (AvgIpc) is 3.14. The van der Waals surface area contributed by atoms with Crippen molar-refractivity contribution in [3.8, 4) is 0 Å². The average molecular weight is 370 g/mol. The first-order valence-corrected chi connectivity index (χ1v) is 8.76. The second kappa shape index (κ2) is 7.39. The van der Waals surface area contributed by atoms with E-state index in [0.717, 1.165) is 5.57 Å². The van der Waals surface area contributed by atoms with Crippen molar-refractivity contribution in [1.82, 2.24) is 0 Å². The van der Waals surface area contributed by atoms with Crippen LogP contribution in [0.15, 0.2) is 39.9 Å².